The molecule has 0 fully saturated rings. The molecule has 0 saturated carbocycles. The number of hydrogen-bond donors (Lipinski definition) is 1. The Morgan fingerprint density at radius 1 is 1.05 bits per heavy atom. The first-order valence-corrected chi connectivity index (χ1v) is 7.62. The molecule has 1 aromatic heterocycles. The van der Waals surface area contributed by atoms with Crippen LogP contribution in [0.2, 0.25) is 0 Å². The minimum Gasteiger partial charge on any atom is -0.492 e. The molecule has 3 aromatic rings. The van der Waals surface area contributed by atoms with Gasteiger partial charge in [-0.3, -0.25) is 0 Å². The molecule has 0 atom stereocenters. The van der Waals surface area contributed by atoms with E-state index >= 15 is 0 Å². The Morgan fingerprint density at radius 2 is 1.86 bits per heavy atom. The maximum atomic E-state index is 9.16. The highest BCUT2D eigenvalue weighted by atomic mass is 79.9. The van der Waals surface area contributed by atoms with Gasteiger partial charge in [-0.05, 0) is 53.4 Å². The molecule has 0 saturated heterocycles. The van der Waals surface area contributed by atoms with Crippen LogP contribution in [-0.4, -0.2) is 16.3 Å². The summed E-state index contributed by atoms with van der Waals surface area (Å²) in [5.41, 5.74) is 2.10. The number of nitrogens with zero attached hydrogens (tertiary/aromatic N) is 1. The monoisotopic (exact) mass is 345 g/mol. The van der Waals surface area contributed by atoms with Crippen LogP contribution in [-0.2, 0) is 13.2 Å². The summed E-state index contributed by atoms with van der Waals surface area (Å²) in [6.45, 7) is 1.49. The predicted octanol–water partition coefficient (Wildman–Crippen LogP) is 3.98. The van der Waals surface area contributed by atoms with Gasteiger partial charge >= 0.3 is 0 Å². The van der Waals surface area contributed by atoms with Crippen molar-refractivity contribution >= 4 is 26.8 Å². The van der Waals surface area contributed by atoms with Crippen LogP contribution in [0.1, 0.15) is 5.56 Å². The molecule has 4 heteroatoms. The number of benzene rings is 2. The first-order valence-electron chi connectivity index (χ1n) is 6.83. The number of rotatable bonds is 5. The van der Waals surface area contributed by atoms with Crippen molar-refractivity contribution in [1.82, 2.24) is 4.57 Å². The number of aliphatic hydroxyl groups is 1. The maximum Gasteiger partial charge on any atom is 0.119 e. The van der Waals surface area contributed by atoms with Gasteiger partial charge in [-0.25, -0.2) is 0 Å². The first kappa shape index (κ1) is 14.2. The zero-order valence-electron chi connectivity index (χ0n) is 11.5. The van der Waals surface area contributed by atoms with Crippen LogP contribution in [0, 0.1) is 0 Å². The van der Waals surface area contributed by atoms with Crippen molar-refractivity contribution in [3.63, 3.8) is 0 Å². The standard InChI is InChI=1S/C17H16BrNO2/c18-15-2-4-16(5-3-15)21-10-9-19-8-7-14-11-13(12-20)1-6-17(14)19/h1-8,11,20H,9-10,12H2. The molecule has 1 heterocycles. The molecule has 0 unspecified atom stereocenters. The van der Waals surface area contributed by atoms with Gasteiger partial charge in [0.1, 0.15) is 12.4 Å². The Bertz CT molecular complexity index is 734. The fourth-order valence-electron chi connectivity index (χ4n) is 2.34. The van der Waals surface area contributed by atoms with E-state index < -0.39 is 0 Å². The Balaban J connectivity index is 1.66. The molecule has 0 aliphatic rings. The summed E-state index contributed by atoms with van der Waals surface area (Å²) in [7, 11) is 0. The van der Waals surface area contributed by atoms with Crippen molar-refractivity contribution in [3.05, 3.63) is 64.8 Å². The highest BCUT2D eigenvalue weighted by Crippen LogP contribution is 2.19. The normalized spacial score (nSPS) is 11.0. The minimum absolute atomic E-state index is 0.0772. The molecule has 0 bridgehead atoms. The molecule has 0 aliphatic heterocycles. The molecule has 108 valence electrons. The third kappa shape index (κ3) is 3.28. The highest BCUT2D eigenvalue weighted by molar-refractivity contribution is 9.10. The fraction of sp³-hybridized carbons (Fsp3) is 0.176. The summed E-state index contributed by atoms with van der Waals surface area (Å²) >= 11 is 3.41. The number of ether oxygens (including phenoxy) is 1. The number of hydrogen-bond acceptors (Lipinski definition) is 2. The summed E-state index contributed by atoms with van der Waals surface area (Å²) < 4.78 is 8.96. The van der Waals surface area contributed by atoms with Crippen LogP contribution in [0.15, 0.2) is 59.2 Å². The van der Waals surface area contributed by atoms with Crippen molar-refractivity contribution < 1.29 is 9.84 Å². The maximum absolute atomic E-state index is 9.16. The topological polar surface area (TPSA) is 34.4 Å². The van der Waals surface area contributed by atoms with E-state index in [1.54, 1.807) is 0 Å². The lowest BCUT2D eigenvalue weighted by Crippen LogP contribution is -2.07. The molecular formula is C17H16BrNO2. The molecule has 0 spiro atoms. The summed E-state index contributed by atoms with van der Waals surface area (Å²) in [6.07, 6.45) is 2.05. The van der Waals surface area contributed by atoms with Crippen LogP contribution in [0.3, 0.4) is 0 Å². The van der Waals surface area contributed by atoms with E-state index in [9.17, 15) is 0 Å². The number of aliphatic hydroxyl groups excluding tert-OH is 1. The lowest BCUT2D eigenvalue weighted by Gasteiger charge is -2.08. The molecular weight excluding hydrogens is 330 g/mol. The number of aromatic nitrogens is 1. The molecule has 0 aliphatic carbocycles. The fourth-order valence-corrected chi connectivity index (χ4v) is 2.60. The van der Waals surface area contributed by atoms with Gasteiger partial charge in [0.2, 0.25) is 0 Å². The largest absolute Gasteiger partial charge is 0.492 e. The second kappa shape index (κ2) is 6.33. The Hall–Kier alpha value is -1.78. The van der Waals surface area contributed by atoms with Gasteiger partial charge in [0.15, 0.2) is 0 Å². The quantitative estimate of drug-likeness (QED) is 0.758. The van der Waals surface area contributed by atoms with Crippen LogP contribution in [0.25, 0.3) is 10.9 Å². The second-order valence-electron chi connectivity index (χ2n) is 4.86. The van der Waals surface area contributed by atoms with Gasteiger partial charge in [0.05, 0.1) is 13.2 Å². The van der Waals surface area contributed by atoms with Crippen molar-refractivity contribution in [2.75, 3.05) is 6.61 Å². The van der Waals surface area contributed by atoms with E-state index in [-0.39, 0.29) is 6.61 Å². The highest BCUT2D eigenvalue weighted by Gasteiger charge is 2.02. The Morgan fingerprint density at radius 3 is 2.62 bits per heavy atom. The summed E-state index contributed by atoms with van der Waals surface area (Å²) in [5.74, 6) is 0.872. The molecule has 3 nitrogen and oxygen atoms in total. The van der Waals surface area contributed by atoms with Crippen molar-refractivity contribution in [1.29, 1.82) is 0 Å². The predicted molar refractivity (Wildman–Crippen MR) is 87.5 cm³/mol. The zero-order chi connectivity index (χ0) is 14.7. The van der Waals surface area contributed by atoms with Crippen LogP contribution in [0.5, 0.6) is 5.75 Å². The van der Waals surface area contributed by atoms with E-state index in [0.717, 1.165) is 33.2 Å². The number of halogens is 1. The van der Waals surface area contributed by atoms with Gasteiger partial charge in [-0.1, -0.05) is 22.0 Å². The third-order valence-electron chi connectivity index (χ3n) is 3.43. The average Bonchev–Trinajstić information content (AvgIpc) is 2.91. The van der Waals surface area contributed by atoms with Gasteiger partial charge in [-0.15, -0.1) is 0 Å². The van der Waals surface area contributed by atoms with Gasteiger partial charge in [0.25, 0.3) is 0 Å². The SMILES string of the molecule is OCc1ccc2c(ccn2CCOc2ccc(Br)cc2)c1. The Labute approximate surface area is 131 Å². The molecule has 1 N–H and O–H groups in total. The van der Waals surface area contributed by atoms with E-state index in [4.69, 9.17) is 9.84 Å². The Kier molecular flexibility index (Phi) is 4.27. The first-order chi connectivity index (χ1) is 10.3. The lowest BCUT2D eigenvalue weighted by atomic mass is 10.2. The molecule has 21 heavy (non-hydrogen) atoms. The van der Waals surface area contributed by atoms with Gasteiger partial charge in [-0.2, -0.15) is 0 Å². The van der Waals surface area contributed by atoms with E-state index in [2.05, 4.69) is 32.8 Å². The van der Waals surface area contributed by atoms with E-state index in [0.29, 0.717) is 6.61 Å². The van der Waals surface area contributed by atoms with Gasteiger partial charge < -0.3 is 14.4 Å². The van der Waals surface area contributed by atoms with E-state index in [1.807, 2.05) is 42.5 Å². The molecule has 0 amide bonds. The molecule has 0 radical (unpaired) electrons. The van der Waals surface area contributed by atoms with Crippen LogP contribution >= 0.6 is 15.9 Å². The lowest BCUT2D eigenvalue weighted by molar-refractivity contribution is 0.282. The smallest absolute Gasteiger partial charge is 0.119 e. The molecule has 3 rings (SSSR count). The van der Waals surface area contributed by atoms with E-state index in [1.165, 1.54) is 0 Å². The average molecular weight is 346 g/mol. The van der Waals surface area contributed by atoms with Crippen molar-refractivity contribution in [2.45, 2.75) is 13.2 Å². The van der Waals surface area contributed by atoms with Crippen LogP contribution in [0.4, 0.5) is 0 Å². The summed E-state index contributed by atoms with van der Waals surface area (Å²) in [4.78, 5) is 0. The third-order valence-corrected chi connectivity index (χ3v) is 3.96. The zero-order valence-corrected chi connectivity index (χ0v) is 13.1. The van der Waals surface area contributed by atoms with Gasteiger partial charge in [0, 0.05) is 16.2 Å². The second-order valence-corrected chi connectivity index (χ2v) is 5.78. The minimum atomic E-state index is 0.0772. The van der Waals surface area contributed by atoms with Crippen molar-refractivity contribution in [2.24, 2.45) is 0 Å². The van der Waals surface area contributed by atoms with Crippen LogP contribution < -0.4 is 4.74 Å². The number of fused-ring (bicyclic) bond motifs is 1. The molecule has 2 aromatic carbocycles. The summed E-state index contributed by atoms with van der Waals surface area (Å²) in [6, 6.07) is 15.9. The summed E-state index contributed by atoms with van der Waals surface area (Å²) in [5, 5.41) is 10.3. The van der Waals surface area contributed by atoms with Crippen molar-refractivity contribution in [3.8, 4) is 5.75 Å².